The lowest BCUT2D eigenvalue weighted by Crippen LogP contribution is -2.24. The average molecular weight is 403 g/mol. The number of amides is 2. The SMILES string of the molecule is CO[C@H](C(=O)Nc1cccc(CC2N=NC(=O)C3=C2CCCC3)c1)c1ccccc1. The Morgan fingerprint density at radius 3 is 2.73 bits per heavy atom. The average Bonchev–Trinajstić information content (AvgIpc) is 2.77. The first kappa shape index (κ1) is 20.2. The van der Waals surface area contributed by atoms with Crippen molar-refractivity contribution in [2.24, 2.45) is 10.2 Å². The molecule has 0 spiro atoms. The Bertz CT molecular complexity index is 998. The van der Waals surface area contributed by atoms with Gasteiger partial charge in [-0.3, -0.25) is 9.59 Å². The molecule has 1 aliphatic heterocycles. The molecule has 2 atom stereocenters. The first-order valence-electron chi connectivity index (χ1n) is 10.3. The molecule has 6 heteroatoms. The van der Waals surface area contributed by atoms with Crippen LogP contribution in [0.3, 0.4) is 0 Å². The van der Waals surface area contributed by atoms with Crippen molar-refractivity contribution in [1.29, 1.82) is 0 Å². The maximum atomic E-state index is 12.8. The molecule has 2 aromatic rings. The molecule has 1 aliphatic carbocycles. The van der Waals surface area contributed by atoms with Gasteiger partial charge >= 0.3 is 0 Å². The molecule has 0 saturated heterocycles. The van der Waals surface area contributed by atoms with Gasteiger partial charge in [0.2, 0.25) is 0 Å². The minimum atomic E-state index is -0.678. The normalized spacial score (nSPS) is 19.4. The predicted octanol–water partition coefficient (Wildman–Crippen LogP) is 4.79. The summed E-state index contributed by atoms with van der Waals surface area (Å²) in [5, 5.41) is 11.1. The van der Waals surface area contributed by atoms with Crippen LogP contribution in [0.4, 0.5) is 5.69 Å². The molecule has 1 heterocycles. The van der Waals surface area contributed by atoms with Crippen LogP contribution in [0.25, 0.3) is 0 Å². The van der Waals surface area contributed by atoms with Crippen molar-refractivity contribution in [3.63, 3.8) is 0 Å². The molecule has 0 bridgehead atoms. The molecule has 1 N–H and O–H groups in total. The van der Waals surface area contributed by atoms with Gasteiger partial charge in [-0.25, -0.2) is 0 Å². The van der Waals surface area contributed by atoms with Gasteiger partial charge in [-0.2, -0.15) is 5.11 Å². The van der Waals surface area contributed by atoms with E-state index in [0.29, 0.717) is 12.1 Å². The fraction of sp³-hybridized carbons (Fsp3) is 0.333. The van der Waals surface area contributed by atoms with Crippen LogP contribution in [-0.4, -0.2) is 25.0 Å². The van der Waals surface area contributed by atoms with Crippen LogP contribution in [0.15, 0.2) is 76.0 Å². The summed E-state index contributed by atoms with van der Waals surface area (Å²) in [5.74, 6) is -0.394. The molecule has 2 amide bonds. The fourth-order valence-electron chi connectivity index (χ4n) is 4.19. The number of hydrogen-bond donors (Lipinski definition) is 1. The summed E-state index contributed by atoms with van der Waals surface area (Å²) in [4.78, 5) is 24.8. The molecule has 4 rings (SSSR count). The molecular formula is C24H25N3O3. The molecule has 2 aromatic carbocycles. The van der Waals surface area contributed by atoms with Crippen LogP contribution in [0.2, 0.25) is 0 Å². The van der Waals surface area contributed by atoms with Gasteiger partial charge in [-0.15, -0.1) is 5.11 Å². The highest BCUT2D eigenvalue weighted by Gasteiger charge is 2.29. The van der Waals surface area contributed by atoms with Gasteiger partial charge in [0.1, 0.15) is 0 Å². The smallest absolute Gasteiger partial charge is 0.291 e. The minimum absolute atomic E-state index is 0.0972. The van der Waals surface area contributed by atoms with Gasteiger partial charge in [0.25, 0.3) is 11.8 Å². The third-order valence-electron chi connectivity index (χ3n) is 5.66. The Morgan fingerprint density at radius 1 is 1.13 bits per heavy atom. The molecule has 6 nitrogen and oxygen atoms in total. The van der Waals surface area contributed by atoms with Crippen molar-refractivity contribution in [3.8, 4) is 0 Å². The number of anilines is 1. The highest BCUT2D eigenvalue weighted by Crippen LogP contribution is 2.34. The topological polar surface area (TPSA) is 80.1 Å². The van der Waals surface area contributed by atoms with Gasteiger partial charge in [0.05, 0.1) is 6.04 Å². The van der Waals surface area contributed by atoms with Gasteiger partial charge in [0, 0.05) is 24.8 Å². The summed E-state index contributed by atoms with van der Waals surface area (Å²) >= 11 is 0. The summed E-state index contributed by atoms with van der Waals surface area (Å²) in [6, 6.07) is 17.0. The van der Waals surface area contributed by atoms with Crippen molar-refractivity contribution < 1.29 is 14.3 Å². The fourth-order valence-corrected chi connectivity index (χ4v) is 4.19. The molecule has 0 saturated carbocycles. The van der Waals surface area contributed by atoms with Gasteiger partial charge in [-0.1, -0.05) is 42.5 Å². The Morgan fingerprint density at radius 2 is 1.93 bits per heavy atom. The van der Waals surface area contributed by atoms with E-state index in [1.54, 1.807) is 0 Å². The number of azo groups is 1. The van der Waals surface area contributed by atoms with E-state index in [1.807, 2.05) is 54.6 Å². The summed E-state index contributed by atoms with van der Waals surface area (Å²) < 4.78 is 5.41. The maximum absolute atomic E-state index is 12.8. The largest absolute Gasteiger partial charge is 0.367 e. The van der Waals surface area contributed by atoms with Crippen LogP contribution < -0.4 is 5.32 Å². The lowest BCUT2D eigenvalue weighted by molar-refractivity contribution is -0.126. The number of carbonyl (C=O) groups excluding carboxylic acids is 2. The van der Waals surface area contributed by atoms with Gasteiger partial charge in [0.15, 0.2) is 6.10 Å². The number of ether oxygens (including phenoxy) is 1. The van der Waals surface area contributed by atoms with Crippen LogP contribution >= 0.6 is 0 Å². The van der Waals surface area contributed by atoms with Crippen molar-refractivity contribution >= 4 is 17.5 Å². The third-order valence-corrected chi connectivity index (χ3v) is 5.66. The standard InChI is InChI=1S/C24H25N3O3/c1-30-22(17-9-3-2-4-10-17)24(29)25-18-11-7-8-16(14-18)15-21-19-12-5-6-13-20(19)23(28)27-26-21/h2-4,7-11,14,21-22H,5-6,12-13,15H2,1H3,(H,25,29)/t21?,22-/m0/s1. The van der Waals surface area contributed by atoms with E-state index in [1.165, 1.54) is 7.11 Å². The summed E-state index contributed by atoms with van der Waals surface area (Å²) in [6.07, 6.45) is 3.82. The van der Waals surface area contributed by atoms with E-state index in [-0.39, 0.29) is 17.9 Å². The number of rotatable bonds is 6. The zero-order valence-electron chi connectivity index (χ0n) is 17.0. The zero-order chi connectivity index (χ0) is 20.9. The maximum Gasteiger partial charge on any atom is 0.291 e. The van der Waals surface area contributed by atoms with Crippen molar-refractivity contribution in [2.75, 3.05) is 12.4 Å². The first-order valence-corrected chi connectivity index (χ1v) is 10.3. The van der Waals surface area contributed by atoms with Crippen LogP contribution in [0, 0.1) is 0 Å². The molecule has 0 radical (unpaired) electrons. The first-order chi connectivity index (χ1) is 14.7. The highest BCUT2D eigenvalue weighted by molar-refractivity contribution is 5.96. The second-order valence-corrected chi connectivity index (χ2v) is 7.67. The molecule has 154 valence electrons. The van der Waals surface area contributed by atoms with E-state index in [2.05, 4.69) is 15.5 Å². The Balaban J connectivity index is 1.48. The molecule has 0 aromatic heterocycles. The van der Waals surface area contributed by atoms with E-state index >= 15 is 0 Å². The molecule has 2 aliphatic rings. The van der Waals surface area contributed by atoms with E-state index in [9.17, 15) is 9.59 Å². The van der Waals surface area contributed by atoms with Crippen LogP contribution in [0.5, 0.6) is 0 Å². The molecule has 30 heavy (non-hydrogen) atoms. The Labute approximate surface area is 176 Å². The molecule has 1 unspecified atom stereocenters. The lowest BCUT2D eigenvalue weighted by atomic mass is 9.84. The van der Waals surface area contributed by atoms with Crippen LogP contribution in [0.1, 0.15) is 42.9 Å². The lowest BCUT2D eigenvalue weighted by Gasteiger charge is -2.26. The number of nitrogens with zero attached hydrogens (tertiary/aromatic N) is 2. The van der Waals surface area contributed by atoms with Gasteiger partial charge < -0.3 is 10.1 Å². The number of nitrogens with one attached hydrogen (secondary N) is 1. The number of benzene rings is 2. The summed E-state index contributed by atoms with van der Waals surface area (Å²) in [7, 11) is 1.53. The second-order valence-electron chi connectivity index (χ2n) is 7.67. The van der Waals surface area contributed by atoms with Gasteiger partial charge in [-0.05, 0) is 54.5 Å². The van der Waals surface area contributed by atoms with Crippen molar-refractivity contribution in [2.45, 2.75) is 44.2 Å². The molecule has 0 fully saturated rings. The quantitative estimate of drug-likeness (QED) is 0.753. The second kappa shape index (κ2) is 9.13. The predicted molar refractivity (Wildman–Crippen MR) is 114 cm³/mol. The Kier molecular flexibility index (Phi) is 6.14. The summed E-state index contributed by atoms with van der Waals surface area (Å²) in [6.45, 7) is 0. The number of methoxy groups -OCH3 is 1. The van der Waals surface area contributed by atoms with E-state index in [4.69, 9.17) is 4.74 Å². The Hall–Kier alpha value is -3.12. The zero-order valence-corrected chi connectivity index (χ0v) is 17.0. The van der Waals surface area contributed by atoms with Crippen molar-refractivity contribution in [1.82, 2.24) is 0 Å². The number of hydrogen-bond acceptors (Lipinski definition) is 4. The molecular weight excluding hydrogens is 378 g/mol. The van der Waals surface area contributed by atoms with E-state index in [0.717, 1.165) is 48.0 Å². The third kappa shape index (κ3) is 4.39. The monoisotopic (exact) mass is 403 g/mol. The highest BCUT2D eigenvalue weighted by atomic mass is 16.5. The minimum Gasteiger partial charge on any atom is -0.367 e. The van der Waals surface area contributed by atoms with Crippen LogP contribution in [-0.2, 0) is 20.7 Å². The number of carbonyl (C=O) groups is 2. The summed E-state index contributed by atoms with van der Waals surface area (Å²) in [5.41, 5.74) is 4.54. The van der Waals surface area contributed by atoms with Crippen molar-refractivity contribution in [3.05, 3.63) is 76.9 Å². The van der Waals surface area contributed by atoms with E-state index < -0.39 is 6.10 Å².